The van der Waals surface area contributed by atoms with Crippen molar-refractivity contribution in [3.8, 4) is 11.4 Å². The Morgan fingerprint density at radius 3 is 2.14 bits per heavy atom. The van der Waals surface area contributed by atoms with Crippen LogP contribution in [0.2, 0.25) is 0 Å². The first-order valence-corrected chi connectivity index (χ1v) is 7.29. The van der Waals surface area contributed by atoms with E-state index in [4.69, 9.17) is 0 Å². The van der Waals surface area contributed by atoms with E-state index in [2.05, 4.69) is 91.9 Å². The summed E-state index contributed by atoms with van der Waals surface area (Å²) in [7, 11) is 0. The van der Waals surface area contributed by atoms with E-state index < -0.39 is 0 Å². The van der Waals surface area contributed by atoms with Crippen LogP contribution >= 0.6 is 0 Å². The zero-order chi connectivity index (χ0) is 15.0. The molecule has 1 heterocycles. The SMILES string of the molecule is Cc1ccc(-n2cc[n+](-c3ccc(C)cc3C)c2)c(C)c1. The summed E-state index contributed by atoms with van der Waals surface area (Å²) < 4.78 is 4.35. The van der Waals surface area contributed by atoms with Crippen LogP contribution in [0.3, 0.4) is 0 Å². The zero-order valence-electron chi connectivity index (χ0n) is 13.1. The number of benzene rings is 2. The highest BCUT2D eigenvalue weighted by Gasteiger charge is 2.12. The Morgan fingerprint density at radius 1 is 0.810 bits per heavy atom. The van der Waals surface area contributed by atoms with Gasteiger partial charge in [-0.25, -0.2) is 9.13 Å². The van der Waals surface area contributed by atoms with Crippen molar-refractivity contribution in [3.05, 3.63) is 77.4 Å². The molecule has 0 spiro atoms. The molecule has 0 aliphatic carbocycles. The molecule has 2 nitrogen and oxygen atoms in total. The highest BCUT2D eigenvalue weighted by atomic mass is 15.1. The van der Waals surface area contributed by atoms with Crippen molar-refractivity contribution < 1.29 is 4.57 Å². The number of hydrogen-bond donors (Lipinski definition) is 0. The summed E-state index contributed by atoms with van der Waals surface area (Å²) in [6.07, 6.45) is 6.35. The molecule has 0 fully saturated rings. The molecule has 3 aromatic rings. The number of imidazole rings is 1. The molecule has 106 valence electrons. The third kappa shape index (κ3) is 2.62. The van der Waals surface area contributed by atoms with Gasteiger partial charge in [0.2, 0.25) is 0 Å². The van der Waals surface area contributed by atoms with Crippen LogP contribution in [-0.4, -0.2) is 4.57 Å². The standard InChI is InChI=1S/C19H21N2/c1-14-5-7-18(16(3)11-14)20-9-10-21(13-20)19-8-6-15(2)12-17(19)4/h5-13H,1-4H3/q+1. The fourth-order valence-corrected chi connectivity index (χ4v) is 2.83. The Bertz CT molecular complexity index is 731. The molecule has 21 heavy (non-hydrogen) atoms. The van der Waals surface area contributed by atoms with Crippen molar-refractivity contribution in [3.63, 3.8) is 0 Å². The van der Waals surface area contributed by atoms with Gasteiger partial charge in [-0.1, -0.05) is 35.4 Å². The molecule has 2 heteroatoms. The molecule has 0 aliphatic heterocycles. The minimum absolute atomic E-state index is 1.23. The first-order valence-electron chi connectivity index (χ1n) is 7.29. The van der Waals surface area contributed by atoms with Gasteiger partial charge in [0.05, 0.1) is 0 Å². The highest BCUT2D eigenvalue weighted by molar-refractivity contribution is 5.42. The molecule has 0 unspecified atom stereocenters. The molecule has 0 N–H and O–H groups in total. The lowest BCUT2D eigenvalue weighted by Crippen LogP contribution is -2.28. The van der Waals surface area contributed by atoms with Gasteiger partial charge >= 0.3 is 0 Å². The smallest absolute Gasteiger partial charge is 0.202 e. The molecular formula is C19H21N2+. The fraction of sp³-hybridized carbons (Fsp3) is 0.211. The summed E-state index contributed by atoms with van der Waals surface area (Å²) in [5.74, 6) is 0. The van der Waals surface area contributed by atoms with Crippen molar-refractivity contribution in [2.24, 2.45) is 0 Å². The van der Waals surface area contributed by atoms with E-state index >= 15 is 0 Å². The number of rotatable bonds is 2. The maximum absolute atomic E-state index is 2.22. The molecule has 0 atom stereocenters. The van der Waals surface area contributed by atoms with Crippen LogP contribution in [0.15, 0.2) is 55.1 Å². The van der Waals surface area contributed by atoms with E-state index in [1.165, 1.54) is 33.6 Å². The maximum Gasteiger partial charge on any atom is 0.254 e. The van der Waals surface area contributed by atoms with Gasteiger partial charge in [-0.2, -0.15) is 0 Å². The Morgan fingerprint density at radius 2 is 1.48 bits per heavy atom. The Labute approximate surface area is 126 Å². The quantitative estimate of drug-likeness (QED) is 0.626. The largest absolute Gasteiger partial charge is 0.254 e. The second kappa shape index (κ2) is 5.21. The van der Waals surface area contributed by atoms with E-state index in [-0.39, 0.29) is 0 Å². The van der Waals surface area contributed by atoms with E-state index in [1.807, 2.05) is 0 Å². The van der Waals surface area contributed by atoms with Crippen LogP contribution in [0.4, 0.5) is 0 Å². The highest BCUT2D eigenvalue weighted by Crippen LogP contribution is 2.16. The number of aromatic nitrogens is 2. The maximum atomic E-state index is 2.22. The molecule has 3 rings (SSSR count). The normalized spacial score (nSPS) is 10.9. The van der Waals surface area contributed by atoms with Crippen molar-refractivity contribution in [1.82, 2.24) is 4.57 Å². The van der Waals surface area contributed by atoms with E-state index in [1.54, 1.807) is 0 Å². The minimum Gasteiger partial charge on any atom is -0.202 e. The topological polar surface area (TPSA) is 8.81 Å². The van der Waals surface area contributed by atoms with Gasteiger partial charge in [0.1, 0.15) is 23.8 Å². The third-order valence-electron chi connectivity index (χ3n) is 3.90. The average Bonchev–Trinajstić information content (AvgIpc) is 2.87. The van der Waals surface area contributed by atoms with Gasteiger partial charge in [-0.05, 0) is 51.0 Å². The van der Waals surface area contributed by atoms with Crippen molar-refractivity contribution >= 4 is 0 Å². The van der Waals surface area contributed by atoms with Crippen LogP contribution in [0.25, 0.3) is 11.4 Å². The Hall–Kier alpha value is -2.35. The van der Waals surface area contributed by atoms with E-state index in [0.717, 1.165) is 0 Å². The van der Waals surface area contributed by atoms with Gasteiger partial charge in [-0.15, -0.1) is 0 Å². The molecule has 1 aromatic heterocycles. The van der Waals surface area contributed by atoms with Gasteiger partial charge in [0.25, 0.3) is 6.33 Å². The molecule has 0 saturated heterocycles. The van der Waals surface area contributed by atoms with Crippen molar-refractivity contribution in [2.45, 2.75) is 27.7 Å². The molecule has 0 radical (unpaired) electrons. The number of hydrogen-bond acceptors (Lipinski definition) is 0. The minimum atomic E-state index is 1.23. The van der Waals surface area contributed by atoms with Gasteiger partial charge in [-0.3, -0.25) is 0 Å². The second-order valence-corrected chi connectivity index (χ2v) is 5.81. The number of aryl methyl sites for hydroxylation is 4. The van der Waals surface area contributed by atoms with Crippen LogP contribution in [0.5, 0.6) is 0 Å². The van der Waals surface area contributed by atoms with Crippen LogP contribution < -0.4 is 4.57 Å². The summed E-state index contributed by atoms with van der Waals surface area (Å²) in [6, 6.07) is 13.1. The van der Waals surface area contributed by atoms with Crippen LogP contribution in [0, 0.1) is 27.7 Å². The molecule has 0 amide bonds. The molecule has 0 saturated carbocycles. The zero-order valence-corrected chi connectivity index (χ0v) is 13.1. The van der Waals surface area contributed by atoms with Crippen LogP contribution in [-0.2, 0) is 0 Å². The average molecular weight is 277 g/mol. The fourth-order valence-electron chi connectivity index (χ4n) is 2.83. The predicted octanol–water partition coefficient (Wildman–Crippen LogP) is 3.99. The van der Waals surface area contributed by atoms with Crippen molar-refractivity contribution in [1.29, 1.82) is 0 Å². The van der Waals surface area contributed by atoms with Gasteiger partial charge < -0.3 is 0 Å². The monoisotopic (exact) mass is 277 g/mol. The molecule has 0 aliphatic rings. The van der Waals surface area contributed by atoms with E-state index in [0.29, 0.717) is 0 Å². The van der Waals surface area contributed by atoms with Gasteiger partial charge in [0, 0.05) is 0 Å². The summed E-state index contributed by atoms with van der Waals surface area (Å²) >= 11 is 0. The molecule has 0 bridgehead atoms. The first kappa shape index (κ1) is 13.6. The van der Waals surface area contributed by atoms with E-state index in [9.17, 15) is 0 Å². The number of nitrogens with zero attached hydrogens (tertiary/aromatic N) is 2. The molecule has 2 aromatic carbocycles. The molecular weight excluding hydrogens is 256 g/mol. The Balaban J connectivity index is 2.03. The summed E-state index contributed by atoms with van der Waals surface area (Å²) in [5.41, 5.74) is 7.63. The summed E-state index contributed by atoms with van der Waals surface area (Å²) in [5, 5.41) is 0. The van der Waals surface area contributed by atoms with Gasteiger partial charge in [0.15, 0.2) is 0 Å². The lowest BCUT2D eigenvalue weighted by atomic mass is 10.1. The third-order valence-corrected chi connectivity index (χ3v) is 3.90. The lowest BCUT2D eigenvalue weighted by Gasteiger charge is -2.03. The Kier molecular flexibility index (Phi) is 3.38. The predicted molar refractivity (Wildman–Crippen MR) is 86.2 cm³/mol. The second-order valence-electron chi connectivity index (χ2n) is 5.81. The first-order chi connectivity index (χ1) is 10.0. The summed E-state index contributed by atoms with van der Waals surface area (Å²) in [4.78, 5) is 0. The van der Waals surface area contributed by atoms with Crippen molar-refractivity contribution in [2.75, 3.05) is 0 Å². The summed E-state index contributed by atoms with van der Waals surface area (Å²) in [6.45, 7) is 8.57. The van der Waals surface area contributed by atoms with Crippen LogP contribution in [0.1, 0.15) is 22.3 Å². The lowest BCUT2D eigenvalue weighted by molar-refractivity contribution is -0.595.